The smallest absolute Gasteiger partial charge is 0.270 e. The molecule has 2 aromatic rings. The van der Waals surface area contributed by atoms with Crippen LogP contribution in [0, 0.1) is 10.1 Å². The van der Waals surface area contributed by atoms with Gasteiger partial charge in [0.1, 0.15) is 6.04 Å². The highest BCUT2D eigenvalue weighted by molar-refractivity contribution is 9.10. The van der Waals surface area contributed by atoms with E-state index in [1.54, 1.807) is 12.1 Å². The average molecular weight is 497 g/mol. The van der Waals surface area contributed by atoms with Gasteiger partial charge >= 0.3 is 0 Å². The molecule has 2 aromatic carbocycles. The van der Waals surface area contributed by atoms with Crippen LogP contribution >= 0.6 is 15.9 Å². The highest BCUT2D eigenvalue weighted by Crippen LogP contribution is 2.27. The largest absolute Gasteiger partial charge is 0.271 e. The number of nitrogens with zero attached hydrogens (tertiary/aromatic N) is 2. The van der Waals surface area contributed by atoms with Crippen molar-refractivity contribution in [2.75, 3.05) is 6.54 Å². The van der Waals surface area contributed by atoms with E-state index in [4.69, 9.17) is 0 Å². The Balaban J connectivity index is 1.69. The first-order valence-corrected chi connectivity index (χ1v) is 11.1. The van der Waals surface area contributed by atoms with Crippen LogP contribution in [0.3, 0.4) is 0 Å². The molecule has 12 heteroatoms. The second-order valence-corrected chi connectivity index (χ2v) is 9.28. The zero-order chi connectivity index (χ0) is 21.9. The summed E-state index contributed by atoms with van der Waals surface area (Å²) in [6.07, 6.45) is 0.793. The molecule has 1 heterocycles. The number of amides is 2. The minimum absolute atomic E-state index is 0.0183. The minimum atomic E-state index is -3.89. The number of benzene rings is 2. The third-order valence-corrected chi connectivity index (χ3v) is 7.00. The van der Waals surface area contributed by atoms with Gasteiger partial charge in [0.2, 0.25) is 10.0 Å². The van der Waals surface area contributed by atoms with E-state index in [1.807, 2.05) is 0 Å². The van der Waals surface area contributed by atoms with Crippen molar-refractivity contribution in [3.05, 3.63) is 68.7 Å². The minimum Gasteiger partial charge on any atom is -0.271 e. The molecular formula is C18H17BrN4O6S. The number of hydrogen-bond acceptors (Lipinski definition) is 6. The second kappa shape index (κ2) is 8.90. The average Bonchev–Trinajstić information content (AvgIpc) is 3.23. The van der Waals surface area contributed by atoms with E-state index in [-0.39, 0.29) is 22.7 Å². The summed E-state index contributed by atoms with van der Waals surface area (Å²) in [7, 11) is -3.89. The van der Waals surface area contributed by atoms with Gasteiger partial charge < -0.3 is 0 Å². The molecule has 0 aliphatic carbocycles. The summed E-state index contributed by atoms with van der Waals surface area (Å²) in [5.41, 5.74) is 4.10. The number of carbonyl (C=O) groups excluding carboxylic acids is 2. The fraction of sp³-hybridized carbons (Fsp3) is 0.222. The van der Waals surface area contributed by atoms with Crippen LogP contribution in [0.15, 0.2) is 57.9 Å². The molecule has 0 spiro atoms. The molecule has 1 aliphatic rings. The summed E-state index contributed by atoms with van der Waals surface area (Å²) < 4.78 is 27.6. The predicted octanol–water partition coefficient (Wildman–Crippen LogP) is 1.97. The Morgan fingerprint density at radius 1 is 1.13 bits per heavy atom. The predicted molar refractivity (Wildman–Crippen MR) is 110 cm³/mol. The van der Waals surface area contributed by atoms with Crippen LogP contribution in [0.25, 0.3) is 0 Å². The van der Waals surface area contributed by atoms with Crippen LogP contribution in [0.2, 0.25) is 0 Å². The summed E-state index contributed by atoms with van der Waals surface area (Å²) in [5, 5.41) is 10.8. The number of hydrazine groups is 1. The standard InChI is InChI=1S/C18H17BrN4O6S/c19-13-6-8-15(9-7-13)30(28,29)22-10-2-5-16(22)18(25)21-20-17(24)12-3-1-4-14(11-12)23(26)27/h1,3-4,6-9,11,16H,2,5,10H2,(H,20,24)(H,21,25). The maximum absolute atomic E-state index is 12.9. The number of sulfonamides is 1. The van der Waals surface area contributed by atoms with Crippen LogP contribution in [0.4, 0.5) is 5.69 Å². The molecule has 3 rings (SSSR count). The van der Waals surface area contributed by atoms with Gasteiger partial charge in [-0.15, -0.1) is 0 Å². The summed E-state index contributed by atoms with van der Waals surface area (Å²) >= 11 is 3.25. The summed E-state index contributed by atoms with van der Waals surface area (Å²) in [4.78, 5) is 35.0. The van der Waals surface area contributed by atoms with Crippen LogP contribution in [-0.2, 0) is 14.8 Å². The number of halogens is 1. The van der Waals surface area contributed by atoms with Crippen molar-refractivity contribution in [3.8, 4) is 0 Å². The van der Waals surface area contributed by atoms with Crippen molar-refractivity contribution in [1.29, 1.82) is 0 Å². The first-order valence-electron chi connectivity index (χ1n) is 8.82. The highest BCUT2D eigenvalue weighted by Gasteiger charge is 2.39. The zero-order valence-electron chi connectivity index (χ0n) is 15.4. The fourth-order valence-electron chi connectivity index (χ4n) is 3.07. The molecular weight excluding hydrogens is 480 g/mol. The Bertz CT molecular complexity index is 1090. The Hall–Kier alpha value is -2.83. The lowest BCUT2D eigenvalue weighted by atomic mass is 10.2. The normalized spacial score (nSPS) is 16.8. The lowest BCUT2D eigenvalue weighted by Gasteiger charge is -2.23. The summed E-state index contributed by atoms with van der Waals surface area (Å²) in [5.74, 6) is -1.45. The molecule has 158 valence electrons. The maximum atomic E-state index is 12.9. The lowest BCUT2D eigenvalue weighted by Crippen LogP contribution is -2.51. The highest BCUT2D eigenvalue weighted by atomic mass is 79.9. The van der Waals surface area contributed by atoms with Gasteiger partial charge in [-0.2, -0.15) is 4.31 Å². The molecule has 1 unspecified atom stereocenters. The monoisotopic (exact) mass is 496 g/mol. The Kier molecular flexibility index (Phi) is 6.48. The fourth-order valence-corrected chi connectivity index (χ4v) is 4.99. The Morgan fingerprint density at radius 2 is 1.83 bits per heavy atom. The number of nitro benzene ring substituents is 1. The molecule has 1 atom stereocenters. The van der Waals surface area contributed by atoms with Crippen molar-refractivity contribution < 1.29 is 22.9 Å². The van der Waals surface area contributed by atoms with Crippen LogP contribution in [0.1, 0.15) is 23.2 Å². The molecule has 10 nitrogen and oxygen atoms in total. The van der Waals surface area contributed by atoms with Crippen molar-refractivity contribution in [2.24, 2.45) is 0 Å². The van der Waals surface area contributed by atoms with E-state index in [0.29, 0.717) is 12.8 Å². The molecule has 1 saturated heterocycles. The van der Waals surface area contributed by atoms with E-state index in [9.17, 15) is 28.1 Å². The molecule has 1 fully saturated rings. The quantitative estimate of drug-likeness (QED) is 0.479. The molecule has 30 heavy (non-hydrogen) atoms. The number of hydrogen-bond donors (Lipinski definition) is 2. The van der Waals surface area contributed by atoms with Crippen molar-refractivity contribution in [3.63, 3.8) is 0 Å². The van der Waals surface area contributed by atoms with E-state index in [2.05, 4.69) is 26.8 Å². The number of carbonyl (C=O) groups is 2. The van der Waals surface area contributed by atoms with Gasteiger partial charge in [-0.3, -0.25) is 30.6 Å². The van der Waals surface area contributed by atoms with E-state index in [1.165, 1.54) is 30.3 Å². The molecule has 0 radical (unpaired) electrons. The molecule has 0 saturated carbocycles. The third kappa shape index (κ3) is 4.66. The zero-order valence-corrected chi connectivity index (χ0v) is 17.9. The van der Waals surface area contributed by atoms with Gasteiger partial charge in [0, 0.05) is 28.7 Å². The molecule has 1 aliphatic heterocycles. The summed E-state index contributed by atoms with van der Waals surface area (Å²) in [6.45, 7) is 0.176. The second-order valence-electron chi connectivity index (χ2n) is 6.48. The SMILES string of the molecule is O=C(NNC(=O)C1CCCN1S(=O)(=O)c1ccc(Br)cc1)c1cccc([N+](=O)[O-])c1. The first-order chi connectivity index (χ1) is 14.2. The molecule has 0 aromatic heterocycles. The van der Waals surface area contributed by atoms with Crippen molar-refractivity contribution in [1.82, 2.24) is 15.2 Å². The molecule has 2 N–H and O–H groups in total. The Labute approximate surface area is 180 Å². The number of non-ortho nitro benzene ring substituents is 1. The van der Waals surface area contributed by atoms with Gasteiger partial charge in [0.15, 0.2) is 0 Å². The van der Waals surface area contributed by atoms with Gasteiger partial charge in [0.05, 0.1) is 9.82 Å². The van der Waals surface area contributed by atoms with Crippen molar-refractivity contribution >= 4 is 43.5 Å². The van der Waals surface area contributed by atoms with Crippen LogP contribution in [0.5, 0.6) is 0 Å². The topological polar surface area (TPSA) is 139 Å². The third-order valence-electron chi connectivity index (χ3n) is 4.54. The van der Waals surface area contributed by atoms with Gasteiger partial charge in [-0.05, 0) is 43.2 Å². The molecule has 0 bridgehead atoms. The number of nitro groups is 1. The van der Waals surface area contributed by atoms with Crippen molar-refractivity contribution in [2.45, 2.75) is 23.8 Å². The number of nitrogens with one attached hydrogen (secondary N) is 2. The lowest BCUT2D eigenvalue weighted by molar-refractivity contribution is -0.384. The van der Waals surface area contributed by atoms with Gasteiger partial charge in [-0.1, -0.05) is 22.0 Å². The van der Waals surface area contributed by atoms with E-state index in [0.717, 1.165) is 14.8 Å². The molecule has 2 amide bonds. The summed E-state index contributed by atoms with van der Waals surface area (Å²) in [6, 6.07) is 10.1. The first kappa shape index (κ1) is 21.9. The number of rotatable bonds is 5. The van der Waals surface area contributed by atoms with Gasteiger partial charge in [0.25, 0.3) is 17.5 Å². The van der Waals surface area contributed by atoms with Crippen LogP contribution in [-0.4, -0.2) is 42.0 Å². The van der Waals surface area contributed by atoms with Gasteiger partial charge in [-0.25, -0.2) is 8.42 Å². The maximum Gasteiger partial charge on any atom is 0.270 e. The van der Waals surface area contributed by atoms with E-state index >= 15 is 0 Å². The van der Waals surface area contributed by atoms with Crippen LogP contribution < -0.4 is 10.9 Å². The Morgan fingerprint density at radius 3 is 2.50 bits per heavy atom. The van der Waals surface area contributed by atoms with E-state index < -0.39 is 32.8 Å².